The molecule has 0 aliphatic rings. The Morgan fingerprint density at radius 2 is 2.00 bits per heavy atom. The number of halogens is 1. The van der Waals surface area contributed by atoms with Crippen LogP contribution in [0.2, 0.25) is 0 Å². The highest BCUT2D eigenvalue weighted by atomic mass is 79.9. The van der Waals surface area contributed by atoms with Crippen molar-refractivity contribution < 1.29 is 14.0 Å². The summed E-state index contributed by atoms with van der Waals surface area (Å²) in [6.45, 7) is 1.98. The fraction of sp³-hybridized carbons (Fsp3) is 0.167. The van der Waals surface area contributed by atoms with Crippen molar-refractivity contribution in [2.75, 3.05) is 0 Å². The molecule has 1 N–H and O–H groups in total. The van der Waals surface area contributed by atoms with Gasteiger partial charge in [0.15, 0.2) is 0 Å². The first kappa shape index (κ1) is 12.6. The van der Waals surface area contributed by atoms with Crippen LogP contribution in [0.15, 0.2) is 36.4 Å². The lowest BCUT2D eigenvalue weighted by molar-refractivity contribution is 0.404. The maximum Gasteiger partial charge on any atom is 0.444 e. The van der Waals surface area contributed by atoms with Crippen LogP contribution in [0.4, 0.5) is 0 Å². The molecule has 1 unspecified atom stereocenters. The summed E-state index contributed by atoms with van der Waals surface area (Å²) in [4.78, 5) is 9.30. The fourth-order valence-corrected chi connectivity index (χ4v) is 2.66. The van der Waals surface area contributed by atoms with Gasteiger partial charge in [0.05, 0.1) is 15.5 Å². The summed E-state index contributed by atoms with van der Waals surface area (Å²) in [5.74, 6) is 0.480. The van der Waals surface area contributed by atoms with Crippen LogP contribution < -0.4 is 4.52 Å². The predicted octanol–water partition coefficient (Wildman–Crippen LogP) is 4.28. The molecule has 0 aliphatic carbocycles. The van der Waals surface area contributed by atoms with E-state index in [4.69, 9.17) is 4.52 Å². The highest BCUT2D eigenvalue weighted by molar-refractivity contribution is 9.39. The van der Waals surface area contributed by atoms with Crippen LogP contribution >= 0.6 is 21.8 Å². The van der Waals surface area contributed by atoms with Crippen molar-refractivity contribution in [1.82, 2.24) is 0 Å². The SMILES string of the molecule is CCc1ccc2ccccc2c1OP(=O)(O)Br. The molecule has 0 radical (unpaired) electrons. The van der Waals surface area contributed by atoms with E-state index >= 15 is 0 Å². The van der Waals surface area contributed by atoms with Crippen LogP contribution in [-0.2, 0) is 11.0 Å². The third-order valence-corrected chi connectivity index (χ3v) is 3.39. The maximum atomic E-state index is 11.3. The lowest BCUT2D eigenvalue weighted by Gasteiger charge is -2.13. The molecule has 2 aromatic rings. The molecule has 0 fully saturated rings. The van der Waals surface area contributed by atoms with Crippen molar-refractivity contribution in [3.05, 3.63) is 42.0 Å². The molecular weight excluding hydrogens is 303 g/mol. The quantitative estimate of drug-likeness (QED) is 0.860. The molecule has 0 aromatic heterocycles. The first-order valence-corrected chi connectivity index (χ1v) is 8.83. The van der Waals surface area contributed by atoms with Gasteiger partial charge >= 0.3 is 6.30 Å². The summed E-state index contributed by atoms with van der Waals surface area (Å²) in [7, 11) is 0. The zero-order valence-corrected chi connectivity index (χ0v) is 11.7. The lowest BCUT2D eigenvalue weighted by Crippen LogP contribution is -1.92. The standard InChI is InChI=1S/C12H12BrO3P/c1-2-9-7-8-10-5-3-4-6-11(10)12(9)16-17(13,14)15/h3-8H,2H2,1H3,(H,14,15). The van der Waals surface area contributed by atoms with Gasteiger partial charge in [0.2, 0.25) is 0 Å². The molecule has 2 rings (SSSR count). The average molecular weight is 315 g/mol. The Bertz CT molecular complexity index is 591. The second kappa shape index (κ2) is 4.81. The Labute approximate surface area is 108 Å². The van der Waals surface area contributed by atoms with E-state index in [1.165, 1.54) is 0 Å². The summed E-state index contributed by atoms with van der Waals surface area (Å²) in [5, 5.41) is 1.83. The summed E-state index contributed by atoms with van der Waals surface area (Å²) in [6, 6.07) is 11.5. The van der Waals surface area contributed by atoms with E-state index in [0.717, 1.165) is 22.8 Å². The van der Waals surface area contributed by atoms with E-state index in [9.17, 15) is 9.46 Å². The first-order valence-electron chi connectivity index (χ1n) is 5.24. The summed E-state index contributed by atoms with van der Waals surface area (Å²) >= 11 is 2.65. The van der Waals surface area contributed by atoms with Gasteiger partial charge in [0.25, 0.3) is 0 Å². The summed E-state index contributed by atoms with van der Waals surface area (Å²) in [6.07, 6.45) is -2.98. The highest BCUT2D eigenvalue weighted by Crippen LogP contribution is 2.52. The lowest BCUT2D eigenvalue weighted by atomic mass is 10.0. The second-order valence-corrected chi connectivity index (χ2v) is 7.45. The van der Waals surface area contributed by atoms with Gasteiger partial charge in [-0.1, -0.05) is 43.3 Å². The van der Waals surface area contributed by atoms with Crippen LogP contribution in [0.25, 0.3) is 10.8 Å². The van der Waals surface area contributed by atoms with Gasteiger partial charge in [-0.25, -0.2) is 4.57 Å². The first-order chi connectivity index (χ1) is 8.01. The van der Waals surface area contributed by atoms with Crippen molar-refractivity contribution in [1.29, 1.82) is 0 Å². The van der Waals surface area contributed by atoms with E-state index in [1.54, 1.807) is 0 Å². The van der Waals surface area contributed by atoms with Gasteiger partial charge in [-0.2, -0.15) is 0 Å². The number of hydrogen-bond donors (Lipinski definition) is 1. The van der Waals surface area contributed by atoms with Crippen LogP contribution in [0, 0.1) is 0 Å². The molecule has 0 saturated heterocycles. The number of benzene rings is 2. The molecule has 0 saturated carbocycles. The zero-order valence-electron chi connectivity index (χ0n) is 9.26. The highest BCUT2D eigenvalue weighted by Gasteiger charge is 2.19. The van der Waals surface area contributed by atoms with E-state index in [2.05, 4.69) is 15.5 Å². The number of hydrogen-bond acceptors (Lipinski definition) is 2. The van der Waals surface area contributed by atoms with Crippen molar-refractivity contribution in [2.24, 2.45) is 0 Å². The smallest absolute Gasteiger partial charge is 0.416 e. The summed E-state index contributed by atoms with van der Waals surface area (Å²) < 4.78 is 16.5. The summed E-state index contributed by atoms with van der Waals surface area (Å²) in [5.41, 5.74) is 0.914. The van der Waals surface area contributed by atoms with Crippen LogP contribution in [0.1, 0.15) is 12.5 Å². The largest absolute Gasteiger partial charge is 0.444 e. The normalized spacial score (nSPS) is 14.5. The average Bonchev–Trinajstić information content (AvgIpc) is 2.28. The Morgan fingerprint density at radius 3 is 2.65 bits per heavy atom. The molecule has 1 atom stereocenters. The molecule has 5 heteroatoms. The predicted molar refractivity (Wildman–Crippen MR) is 72.7 cm³/mol. The van der Waals surface area contributed by atoms with E-state index in [0.29, 0.717) is 5.75 Å². The van der Waals surface area contributed by atoms with Gasteiger partial charge < -0.3 is 9.42 Å². The number of rotatable bonds is 3. The molecule has 3 nitrogen and oxygen atoms in total. The topological polar surface area (TPSA) is 46.5 Å². The van der Waals surface area contributed by atoms with Crippen molar-refractivity contribution in [3.63, 3.8) is 0 Å². The third-order valence-electron chi connectivity index (χ3n) is 2.55. The van der Waals surface area contributed by atoms with Gasteiger partial charge in [-0.05, 0) is 17.4 Å². The second-order valence-electron chi connectivity index (χ2n) is 3.67. The van der Waals surface area contributed by atoms with E-state index in [-0.39, 0.29) is 0 Å². The minimum atomic E-state index is -3.72. The molecule has 0 heterocycles. The molecule has 2 aromatic carbocycles. The monoisotopic (exact) mass is 314 g/mol. The van der Waals surface area contributed by atoms with Crippen LogP contribution in [0.3, 0.4) is 0 Å². The maximum absolute atomic E-state index is 11.3. The van der Waals surface area contributed by atoms with Gasteiger partial charge in [-0.15, -0.1) is 0 Å². The van der Waals surface area contributed by atoms with Crippen molar-refractivity contribution >= 4 is 32.6 Å². The molecule has 0 bridgehead atoms. The molecule has 90 valence electrons. The molecule has 0 aliphatic heterocycles. The Hall–Kier alpha value is -0.830. The van der Waals surface area contributed by atoms with Crippen LogP contribution in [-0.4, -0.2) is 4.89 Å². The Morgan fingerprint density at radius 1 is 1.29 bits per heavy atom. The van der Waals surface area contributed by atoms with E-state index in [1.807, 2.05) is 43.3 Å². The number of fused-ring (bicyclic) bond motifs is 1. The van der Waals surface area contributed by atoms with Gasteiger partial charge in [0, 0.05) is 5.39 Å². The fourth-order valence-electron chi connectivity index (χ4n) is 1.79. The molecule has 0 amide bonds. The Balaban J connectivity index is 2.67. The number of aryl methyl sites for hydroxylation is 1. The molecule has 0 spiro atoms. The van der Waals surface area contributed by atoms with Gasteiger partial charge in [-0.3, -0.25) is 0 Å². The van der Waals surface area contributed by atoms with Gasteiger partial charge in [0.1, 0.15) is 5.75 Å². The van der Waals surface area contributed by atoms with Crippen LogP contribution in [0.5, 0.6) is 5.75 Å². The zero-order chi connectivity index (χ0) is 12.5. The molecule has 17 heavy (non-hydrogen) atoms. The minimum Gasteiger partial charge on any atom is -0.416 e. The minimum absolute atomic E-state index is 0.480. The van der Waals surface area contributed by atoms with Crippen molar-refractivity contribution in [3.8, 4) is 5.75 Å². The molecular formula is C12H12BrO3P. The third kappa shape index (κ3) is 2.89. The van der Waals surface area contributed by atoms with E-state index < -0.39 is 6.30 Å². The Kier molecular flexibility index (Phi) is 3.57. The van der Waals surface area contributed by atoms with Crippen molar-refractivity contribution in [2.45, 2.75) is 13.3 Å².